The topological polar surface area (TPSA) is 98.7 Å². The van der Waals surface area contributed by atoms with Crippen molar-refractivity contribution < 1.29 is 23.9 Å². The van der Waals surface area contributed by atoms with Crippen LogP contribution in [0.3, 0.4) is 0 Å². The number of quaternary nitrogens is 1. The van der Waals surface area contributed by atoms with Crippen LogP contribution < -0.4 is 20.1 Å². The van der Waals surface area contributed by atoms with Crippen LogP contribution in [0.2, 0.25) is 0 Å². The van der Waals surface area contributed by atoms with Gasteiger partial charge in [-0.1, -0.05) is 25.1 Å². The number of ether oxygens (including phenoxy) is 3. The molecule has 3 aliphatic rings. The first-order chi connectivity index (χ1) is 15.9. The van der Waals surface area contributed by atoms with Gasteiger partial charge in [0, 0.05) is 5.41 Å². The Kier molecular flexibility index (Phi) is 5.08. The third-order valence-electron chi connectivity index (χ3n) is 6.42. The van der Waals surface area contributed by atoms with Gasteiger partial charge in [0.25, 0.3) is 5.84 Å². The van der Waals surface area contributed by atoms with Crippen LogP contribution in [0.5, 0.6) is 23.0 Å². The summed E-state index contributed by atoms with van der Waals surface area (Å²) >= 11 is 0. The van der Waals surface area contributed by atoms with Gasteiger partial charge in [-0.3, -0.25) is 4.99 Å². The number of rotatable bonds is 6. The fourth-order valence-electron chi connectivity index (χ4n) is 4.71. The molecule has 1 fully saturated rings. The first-order valence-electron chi connectivity index (χ1n) is 10.8. The fraction of sp³-hybridized carbons (Fsp3) is 0.280. The highest BCUT2D eigenvalue weighted by atomic mass is 16.5. The molecule has 2 aliphatic heterocycles. The van der Waals surface area contributed by atoms with E-state index in [1.54, 1.807) is 32.8 Å². The summed E-state index contributed by atoms with van der Waals surface area (Å²) in [4.78, 5) is 9.30. The van der Waals surface area contributed by atoms with Gasteiger partial charge in [-0.2, -0.15) is 10.8 Å². The van der Waals surface area contributed by atoms with E-state index in [9.17, 15) is 5.11 Å². The van der Waals surface area contributed by atoms with Crippen molar-refractivity contribution in [1.29, 1.82) is 0 Å². The molecule has 2 heterocycles. The maximum atomic E-state index is 9.97. The van der Waals surface area contributed by atoms with Gasteiger partial charge < -0.3 is 19.3 Å². The number of aliphatic hydroxyl groups excluding tert-OH is 1. The van der Waals surface area contributed by atoms with Crippen molar-refractivity contribution in [3.05, 3.63) is 71.8 Å². The largest absolute Gasteiger partial charge is 0.493 e. The first-order valence-corrected chi connectivity index (χ1v) is 10.8. The van der Waals surface area contributed by atoms with E-state index in [1.165, 1.54) is 0 Å². The first kappa shape index (κ1) is 21.4. The van der Waals surface area contributed by atoms with Gasteiger partial charge in [0.2, 0.25) is 11.4 Å². The second-order valence-corrected chi connectivity index (χ2v) is 8.77. The number of fused-ring (bicyclic) bond motifs is 1. The van der Waals surface area contributed by atoms with Crippen molar-refractivity contribution in [3.8, 4) is 23.0 Å². The number of benzene rings is 2. The van der Waals surface area contributed by atoms with Crippen LogP contribution in [0.4, 0.5) is 0 Å². The second-order valence-electron chi connectivity index (χ2n) is 8.77. The number of aliphatic imine (C=N–C) groups is 2. The number of aliphatic hydroxyl groups is 1. The molecule has 2 aromatic rings. The lowest BCUT2D eigenvalue weighted by Crippen LogP contribution is -2.53. The highest BCUT2D eigenvalue weighted by Crippen LogP contribution is 2.52. The summed E-state index contributed by atoms with van der Waals surface area (Å²) in [5.41, 5.74) is 2.12. The highest BCUT2D eigenvalue weighted by Gasteiger charge is 2.53. The Bertz CT molecular complexity index is 1190. The second kappa shape index (κ2) is 7.84. The van der Waals surface area contributed by atoms with E-state index < -0.39 is 0 Å². The number of amidine groups is 1. The minimum atomic E-state index is -0.326. The smallest absolute Gasteiger partial charge is 0.265 e. The Labute approximate surface area is 192 Å². The van der Waals surface area contributed by atoms with E-state index in [0.717, 1.165) is 17.0 Å². The van der Waals surface area contributed by atoms with Crippen LogP contribution in [-0.4, -0.2) is 42.1 Å². The third kappa shape index (κ3) is 3.43. The SMILES string of the molecule is COc1cc(C2=NC(C3(C)CC(O)C3)=C3C=NC=C[N+]23N)cc(OC)c1Oc1ccccc1. The molecule has 1 unspecified atom stereocenters. The number of hydrogen-bond donors (Lipinski definition) is 2. The third-order valence-corrected chi connectivity index (χ3v) is 6.42. The number of nitrogens with zero attached hydrogens (tertiary/aromatic N) is 3. The zero-order chi connectivity index (χ0) is 23.2. The lowest BCUT2D eigenvalue weighted by molar-refractivity contribution is -0.750. The molecule has 8 heteroatoms. The summed E-state index contributed by atoms with van der Waals surface area (Å²) in [6.45, 7) is 2.10. The molecule has 0 saturated heterocycles. The zero-order valence-corrected chi connectivity index (χ0v) is 18.9. The molecular weight excluding hydrogens is 420 g/mol. The van der Waals surface area contributed by atoms with Gasteiger partial charge in [-0.25, -0.2) is 0 Å². The van der Waals surface area contributed by atoms with Crippen molar-refractivity contribution in [2.45, 2.75) is 25.9 Å². The lowest BCUT2D eigenvalue weighted by atomic mass is 9.66. The number of methoxy groups -OCH3 is 2. The van der Waals surface area contributed by atoms with Crippen molar-refractivity contribution >= 4 is 12.1 Å². The van der Waals surface area contributed by atoms with Gasteiger partial charge >= 0.3 is 0 Å². The van der Waals surface area contributed by atoms with Crippen molar-refractivity contribution in [2.24, 2.45) is 21.2 Å². The summed E-state index contributed by atoms with van der Waals surface area (Å²) in [7, 11) is 3.16. The van der Waals surface area contributed by atoms with Crippen molar-refractivity contribution in [2.75, 3.05) is 14.2 Å². The van der Waals surface area contributed by atoms with Gasteiger partial charge in [-0.05, 0) is 37.1 Å². The van der Waals surface area contributed by atoms with Crippen molar-refractivity contribution in [3.63, 3.8) is 0 Å². The van der Waals surface area contributed by atoms with Gasteiger partial charge in [0.15, 0.2) is 11.5 Å². The highest BCUT2D eigenvalue weighted by molar-refractivity contribution is 6.01. The van der Waals surface area contributed by atoms with E-state index in [-0.39, 0.29) is 16.1 Å². The zero-order valence-electron chi connectivity index (χ0n) is 18.9. The molecule has 0 radical (unpaired) electrons. The van der Waals surface area contributed by atoms with Crippen LogP contribution in [0, 0.1) is 5.41 Å². The quantitative estimate of drug-likeness (QED) is 0.517. The van der Waals surface area contributed by atoms with Crippen molar-refractivity contribution in [1.82, 2.24) is 0 Å². The lowest BCUT2D eigenvalue weighted by Gasteiger charge is -2.42. The van der Waals surface area contributed by atoms with Crippen LogP contribution in [0.1, 0.15) is 25.3 Å². The molecule has 170 valence electrons. The number of para-hydroxylation sites is 1. The molecule has 1 saturated carbocycles. The molecular formula is C25H27N4O4+. The molecule has 8 nitrogen and oxygen atoms in total. The monoisotopic (exact) mass is 447 g/mol. The molecule has 3 N–H and O–H groups in total. The Balaban J connectivity index is 1.60. The van der Waals surface area contributed by atoms with Gasteiger partial charge in [-0.15, -0.1) is 4.59 Å². The average molecular weight is 448 g/mol. The van der Waals surface area contributed by atoms with Crippen LogP contribution in [-0.2, 0) is 0 Å². The number of hydrogen-bond acceptors (Lipinski definition) is 7. The summed E-state index contributed by atoms with van der Waals surface area (Å²) in [5.74, 6) is 9.63. The van der Waals surface area contributed by atoms with E-state index in [0.29, 0.717) is 41.7 Å². The Morgan fingerprint density at radius 2 is 1.76 bits per heavy atom. The minimum Gasteiger partial charge on any atom is -0.493 e. The fourth-order valence-corrected chi connectivity index (χ4v) is 4.71. The summed E-state index contributed by atoms with van der Waals surface area (Å²) in [6, 6.07) is 13.1. The predicted octanol–water partition coefficient (Wildman–Crippen LogP) is 3.88. The molecule has 5 rings (SSSR count). The maximum absolute atomic E-state index is 9.97. The van der Waals surface area contributed by atoms with E-state index in [4.69, 9.17) is 25.0 Å². The molecule has 1 atom stereocenters. The Morgan fingerprint density at radius 3 is 2.36 bits per heavy atom. The molecule has 0 spiro atoms. The Morgan fingerprint density at radius 1 is 1.09 bits per heavy atom. The van der Waals surface area contributed by atoms with Crippen LogP contribution in [0.25, 0.3) is 0 Å². The summed E-state index contributed by atoms with van der Waals surface area (Å²) < 4.78 is 17.3. The average Bonchev–Trinajstić information content (AvgIpc) is 3.12. The molecule has 0 bridgehead atoms. The summed E-state index contributed by atoms with van der Waals surface area (Å²) in [6.07, 6.45) is 6.16. The van der Waals surface area contributed by atoms with E-state index in [2.05, 4.69) is 11.9 Å². The van der Waals surface area contributed by atoms with Crippen LogP contribution >= 0.6 is 0 Å². The normalized spacial score (nSPS) is 27.7. The summed E-state index contributed by atoms with van der Waals surface area (Å²) in [5, 5.41) is 9.97. The Hall–Kier alpha value is -3.46. The van der Waals surface area contributed by atoms with E-state index in [1.807, 2.05) is 42.5 Å². The predicted molar refractivity (Wildman–Crippen MR) is 125 cm³/mol. The molecule has 0 aromatic heterocycles. The molecule has 33 heavy (non-hydrogen) atoms. The molecule has 0 amide bonds. The van der Waals surface area contributed by atoms with Gasteiger partial charge in [0.05, 0.1) is 38.3 Å². The standard InChI is InChI=1S/C25H27N4O4/c1-25(13-17(30)14-25)23-19-15-27-9-10-29(19,26)24(28-23)16-11-20(31-2)22(21(12-16)32-3)33-18-7-5-4-6-8-18/h4-12,15,17,30H,13-14,26H2,1-3H3/q+1. The number of nitrogens with two attached hydrogens (primary N) is 1. The maximum Gasteiger partial charge on any atom is 0.265 e. The minimum absolute atomic E-state index is 0.115. The molecule has 1 aliphatic carbocycles. The molecule has 2 aromatic carbocycles. The van der Waals surface area contributed by atoms with Crippen LogP contribution in [0.15, 0.2) is 76.2 Å². The number of allylic oxidation sites excluding steroid dienone is 2. The van der Waals surface area contributed by atoms with E-state index >= 15 is 0 Å². The van der Waals surface area contributed by atoms with Gasteiger partial charge in [0.1, 0.15) is 17.6 Å².